The van der Waals surface area contributed by atoms with Gasteiger partial charge in [-0.2, -0.15) is 0 Å². The third-order valence-electron chi connectivity index (χ3n) is 5.29. The van der Waals surface area contributed by atoms with Gasteiger partial charge >= 0.3 is 6.09 Å². The Morgan fingerprint density at radius 1 is 1.14 bits per heavy atom. The van der Waals surface area contributed by atoms with Crippen LogP contribution in [0, 0.1) is 6.92 Å². The smallest absolute Gasteiger partial charge is 0.409 e. The molecular formula is C22H24N4O2. The Hall–Kier alpha value is -3.12. The number of nitrogens with one attached hydrogen (secondary N) is 3. The SMILES string of the molecule is Cc1[nH]c(C2NCCCC2c2ccccc2)nc1-c1ccc(NC(=O)O)cc1. The van der Waals surface area contributed by atoms with E-state index < -0.39 is 6.09 Å². The van der Waals surface area contributed by atoms with E-state index in [2.05, 4.69) is 39.9 Å². The van der Waals surface area contributed by atoms with E-state index in [0.29, 0.717) is 11.6 Å². The number of rotatable bonds is 4. The Balaban J connectivity index is 1.62. The number of piperidine rings is 1. The van der Waals surface area contributed by atoms with Gasteiger partial charge in [0.2, 0.25) is 0 Å². The molecule has 4 N–H and O–H groups in total. The fourth-order valence-corrected chi connectivity index (χ4v) is 3.98. The molecule has 1 aliphatic heterocycles. The summed E-state index contributed by atoms with van der Waals surface area (Å²) >= 11 is 0. The molecule has 6 heteroatoms. The first-order valence-corrected chi connectivity index (χ1v) is 9.57. The van der Waals surface area contributed by atoms with Crippen molar-refractivity contribution in [1.82, 2.24) is 15.3 Å². The molecule has 2 heterocycles. The van der Waals surface area contributed by atoms with Crippen molar-refractivity contribution in [2.75, 3.05) is 11.9 Å². The van der Waals surface area contributed by atoms with E-state index in [0.717, 1.165) is 42.2 Å². The Bertz CT molecular complexity index is 950. The van der Waals surface area contributed by atoms with Gasteiger partial charge < -0.3 is 15.4 Å². The molecule has 144 valence electrons. The van der Waals surface area contributed by atoms with E-state index in [1.54, 1.807) is 12.1 Å². The summed E-state index contributed by atoms with van der Waals surface area (Å²) in [4.78, 5) is 19.2. The van der Waals surface area contributed by atoms with Crippen LogP contribution in [-0.4, -0.2) is 27.7 Å². The molecular weight excluding hydrogens is 352 g/mol. The summed E-state index contributed by atoms with van der Waals surface area (Å²) in [6.07, 6.45) is 1.22. The van der Waals surface area contributed by atoms with Crippen molar-refractivity contribution in [3.63, 3.8) is 0 Å². The third-order valence-corrected chi connectivity index (χ3v) is 5.29. The van der Waals surface area contributed by atoms with Crippen LogP contribution < -0.4 is 10.6 Å². The van der Waals surface area contributed by atoms with Gasteiger partial charge in [-0.1, -0.05) is 42.5 Å². The number of carbonyl (C=O) groups is 1. The highest BCUT2D eigenvalue weighted by Gasteiger charge is 2.30. The van der Waals surface area contributed by atoms with E-state index in [1.165, 1.54) is 5.56 Å². The highest BCUT2D eigenvalue weighted by atomic mass is 16.4. The summed E-state index contributed by atoms with van der Waals surface area (Å²) in [5.74, 6) is 1.34. The van der Waals surface area contributed by atoms with Gasteiger partial charge in [0, 0.05) is 22.9 Å². The summed E-state index contributed by atoms with van der Waals surface area (Å²) in [6, 6.07) is 18.0. The van der Waals surface area contributed by atoms with Gasteiger partial charge in [-0.05, 0) is 44.0 Å². The van der Waals surface area contributed by atoms with Gasteiger partial charge in [0.15, 0.2) is 0 Å². The number of anilines is 1. The number of imidazole rings is 1. The number of hydrogen-bond acceptors (Lipinski definition) is 3. The minimum Gasteiger partial charge on any atom is -0.465 e. The second kappa shape index (κ2) is 7.86. The molecule has 2 atom stereocenters. The molecule has 0 saturated carbocycles. The van der Waals surface area contributed by atoms with Crippen LogP contribution in [0.15, 0.2) is 54.6 Å². The lowest BCUT2D eigenvalue weighted by atomic mass is 9.84. The van der Waals surface area contributed by atoms with E-state index in [1.807, 2.05) is 25.1 Å². The summed E-state index contributed by atoms with van der Waals surface area (Å²) in [6.45, 7) is 3.01. The van der Waals surface area contributed by atoms with Crippen LogP contribution in [0.3, 0.4) is 0 Å². The lowest BCUT2D eigenvalue weighted by Crippen LogP contribution is -2.33. The average molecular weight is 376 g/mol. The van der Waals surface area contributed by atoms with Gasteiger partial charge in [0.05, 0.1) is 11.7 Å². The third kappa shape index (κ3) is 3.77. The van der Waals surface area contributed by atoms with Gasteiger partial charge in [0.1, 0.15) is 5.82 Å². The van der Waals surface area contributed by atoms with Crippen LogP contribution in [0.5, 0.6) is 0 Å². The lowest BCUT2D eigenvalue weighted by molar-refractivity contribution is 0.210. The van der Waals surface area contributed by atoms with Gasteiger partial charge in [-0.25, -0.2) is 9.78 Å². The van der Waals surface area contributed by atoms with Crippen LogP contribution in [-0.2, 0) is 0 Å². The second-order valence-corrected chi connectivity index (χ2v) is 7.19. The zero-order valence-corrected chi connectivity index (χ0v) is 15.8. The molecule has 1 saturated heterocycles. The number of aromatic nitrogens is 2. The first-order valence-electron chi connectivity index (χ1n) is 9.57. The first kappa shape index (κ1) is 18.3. The fourth-order valence-electron chi connectivity index (χ4n) is 3.98. The molecule has 0 bridgehead atoms. The molecule has 0 aliphatic carbocycles. The average Bonchev–Trinajstić information content (AvgIpc) is 3.10. The molecule has 1 amide bonds. The van der Waals surface area contributed by atoms with Crippen LogP contribution in [0.2, 0.25) is 0 Å². The quantitative estimate of drug-likeness (QED) is 0.532. The summed E-state index contributed by atoms with van der Waals surface area (Å²) in [5, 5.41) is 14.8. The van der Waals surface area contributed by atoms with Crippen LogP contribution >= 0.6 is 0 Å². The van der Waals surface area contributed by atoms with E-state index in [4.69, 9.17) is 10.1 Å². The zero-order chi connectivity index (χ0) is 19.5. The number of amides is 1. The van der Waals surface area contributed by atoms with E-state index >= 15 is 0 Å². The van der Waals surface area contributed by atoms with Gasteiger partial charge in [0.25, 0.3) is 0 Å². The van der Waals surface area contributed by atoms with Crippen molar-refractivity contribution < 1.29 is 9.90 Å². The highest BCUT2D eigenvalue weighted by molar-refractivity contribution is 5.83. The largest absolute Gasteiger partial charge is 0.465 e. The van der Waals surface area contributed by atoms with Gasteiger partial charge in [-0.15, -0.1) is 0 Å². The van der Waals surface area contributed by atoms with Crippen molar-refractivity contribution in [2.24, 2.45) is 0 Å². The Kier molecular flexibility index (Phi) is 5.12. The molecule has 4 rings (SSSR count). The van der Waals surface area contributed by atoms with Crippen LogP contribution in [0.1, 0.15) is 41.9 Å². The number of aryl methyl sites for hydroxylation is 1. The van der Waals surface area contributed by atoms with Crippen molar-refractivity contribution in [2.45, 2.75) is 31.7 Å². The fraction of sp³-hybridized carbons (Fsp3) is 0.273. The van der Waals surface area contributed by atoms with Crippen LogP contribution in [0.25, 0.3) is 11.3 Å². The Labute approximate surface area is 164 Å². The minimum absolute atomic E-state index is 0.150. The minimum atomic E-state index is -1.07. The van der Waals surface area contributed by atoms with Crippen LogP contribution in [0.4, 0.5) is 10.5 Å². The summed E-state index contributed by atoms with van der Waals surface area (Å²) < 4.78 is 0. The lowest BCUT2D eigenvalue weighted by Gasteiger charge is -2.31. The molecule has 3 aromatic rings. The summed E-state index contributed by atoms with van der Waals surface area (Å²) in [5.41, 5.74) is 4.74. The highest BCUT2D eigenvalue weighted by Crippen LogP contribution is 2.37. The maximum absolute atomic E-state index is 10.8. The van der Waals surface area contributed by atoms with Gasteiger partial charge in [-0.3, -0.25) is 5.32 Å². The summed E-state index contributed by atoms with van der Waals surface area (Å²) in [7, 11) is 0. The normalized spacial score (nSPS) is 19.3. The Morgan fingerprint density at radius 3 is 2.61 bits per heavy atom. The molecule has 28 heavy (non-hydrogen) atoms. The number of hydrogen-bond donors (Lipinski definition) is 4. The molecule has 6 nitrogen and oxygen atoms in total. The van der Waals surface area contributed by atoms with Crippen molar-refractivity contribution >= 4 is 11.8 Å². The Morgan fingerprint density at radius 2 is 1.89 bits per heavy atom. The molecule has 0 spiro atoms. The predicted molar refractivity (Wildman–Crippen MR) is 110 cm³/mol. The number of benzene rings is 2. The molecule has 2 unspecified atom stereocenters. The first-order chi connectivity index (χ1) is 13.6. The number of nitrogens with zero attached hydrogens (tertiary/aromatic N) is 1. The zero-order valence-electron chi connectivity index (χ0n) is 15.8. The topological polar surface area (TPSA) is 90.0 Å². The number of aromatic amines is 1. The maximum atomic E-state index is 10.8. The second-order valence-electron chi connectivity index (χ2n) is 7.19. The maximum Gasteiger partial charge on any atom is 0.409 e. The van der Waals surface area contributed by atoms with Crippen molar-refractivity contribution in [3.8, 4) is 11.3 Å². The van der Waals surface area contributed by atoms with E-state index in [-0.39, 0.29) is 6.04 Å². The number of carboxylic acid groups (broad SMARTS) is 1. The van der Waals surface area contributed by atoms with Crippen molar-refractivity contribution in [1.29, 1.82) is 0 Å². The number of H-pyrrole nitrogens is 1. The standard InChI is InChI=1S/C22H24N4O2/c1-14-19(16-9-11-17(12-10-16)25-22(27)28)26-21(24-14)20-18(8-5-13-23-20)15-6-3-2-4-7-15/h2-4,6-7,9-12,18,20,23,25H,5,8,13H2,1H3,(H,24,26)(H,27,28). The monoisotopic (exact) mass is 376 g/mol. The molecule has 1 aromatic heterocycles. The molecule has 1 fully saturated rings. The van der Waals surface area contributed by atoms with Crippen molar-refractivity contribution in [3.05, 3.63) is 71.7 Å². The molecule has 2 aromatic carbocycles. The predicted octanol–water partition coefficient (Wildman–Crippen LogP) is 4.68. The molecule has 1 aliphatic rings. The molecule has 0 radical (unpaired) electrons. The van der Waals surface area contributed by atoms with E-state index in [9.17, 15) is 4.79 Å².